The third-order valence-corrected chi connectivity index (χ3v) is 13.8. The molecule has 1 aliphatic heterocycles. The van der Waals surface area contributed by atoms with Crippen LogP contribution in [-0.2, 0) is 4.79 Å². The molecule has 1 atom stereocenters. The number of carbonyl (C=O) groups is 1. The predicted octanol–water partition coefficient (Wildman–Crippen LogP) is 6.18. The van der Waals surface area contributed by atoms with Crippen LogP contribution in [0.2, 0.25) is 0 Å². The first-order valence-corrected chi connectivity index (χ1v) is 13.0. The molecule has 0 amide bonds. The smallest absolute Gasteiger partial charge is 0.255 e. The van der Waals surface area contributed by atoms with Crippen molar-refractivity contribution >= 4 is 69.8 Å². The van der Waals surface area contributed by atoms with E-state index in [9.17, 15) is 4.79 Å². The van der Waals surface area contributed by atoms with E-state index in [1.54, 1.807) is 6.66 Å². The van der Waals surface area contributed by atoms with Gasteiger partial charge in [-0.05, 0) is 58.6 Å². The zero-order valence-electron chi connectivity index (χ0n) is 7.81. The van der Waals surface area contributed by atoms with Crippen molar-refractivity contribution in [3.8, 4) is 0 Å². The number of halogens is 4. The molecule has 0 aliphatic carbocycles. The summed E-state index contributed by atoms with van der Waals surface area (Å²) >= 11 is 23.5. The molecule has 4 nitrogen and oxygen atoms in total. The molecule has 11 heteroatoms. The lowest BCUT2D eigenvalue weighted by atomic mass is 10.5. The summed E-state index contributed by atoms with van der Waals surface area (Å²) in [6, 6.07) is 0. The molecule has 0 aromatic rings. The van der Waals surface area contributed by atoms with Crippen LogP contribution in [0.15, 0.2) is 13.5 Å². The van der Waals surface area contributed by atoms with E-state index in [0.29, 0.717) is 0 Å². The third-order valence-electron chi connectivity index (χ3n) is 1.34. The SMILES string of the molecule is CC(=O)CP1(C)=NP(Cl)(Cl)=NP(Cl)(Cl)=N1. The number of hydrogen-bond donors (Lipinski definition) is 0. The predicted molar refractivity (Wildman–Crippen MR) is 72.9 cm³/mol. The maximum absolute atomic E-state index is 11.1. The molecule has 0 bridgehead atoms. The van der Waals surface area contributed by atoms with Crippen LogP contribution in [0, 0.1) is 0 Å². The first kappa shape index (κ1) is 14.6. The van der Waals surface area contributed by atoms with E-state index >= 15 is 0 Å². The van der Waals surface area contributed by atoms with Gasteiger partial charge < -0.3 is 0 Å². The van der Waals surface area contributed by atoms with Gasteiger partial charge in [0, 0.05) is 0 Å². The maximum atomic E-state index is 11.1. The summed E-state index contributed by atoms with van der Waals surface area (Å²) < 4.78 is 12.1. The number of Topliss-reactive ketones (excluding diaryl/α,β-unsaturated/α-hetero) is 1. The normalized spacial score (nSPS) is 32.1. The van der Waals surface area contributed by atoms with E-state index in [1.807, 2.05) is 0 Å². The van der Waals surface area contributed by atoms with E-state index in [2.05, 4.69) is 13.5 Å². The summed E-state index contributed by atoms with van der Waals surface area (Å²) in [7, 11) is -2.28. The summed E-state index contributed by atoms with van der Waals surface area (Å²) in [5.41, 5.74) is 0. The number of rotatable bonds is 2. The van der Waals surface area contributed by atoms with E-state index in [0.717, 1.165) is 0 Å². The molecule has 1 aliphatic rings. The second-order valence-electron chi connectivity index (χ2n) is 3.13. The maximum Gasteiger partial charge on any atom is 0.255 e. The zero-order chi connectivity index (χ0) is 11.9. The van der Waals surface area contributed by atoms with Crippen molar-refractivity contribution in [1.29, 1.82) is 0 Å². The lowest BCUT2D eigenvalue weighted by Crippen LogP contribution is -1.98. The summed E-state index contributed by atoms with van der Waals surface area (Å²) in [4.78, 5) is 11.1. The summed E-state index contributed by atoms with van der Waals surface area (Å²) in [5, 5.41) is 0. The van der Waals surface area contributed by atoms with Gasteiger partial charge in [0.25, 0.3) is 11.8 Å². The van der Waals surface area contributed by atoms with Crippen molar-refractivity contribution in [2.24, 2.45) is 13.5 Å². The number of hydrogen-bond acceptors (Lipinski definition) is 4. The molecule has 0 saturated carbocycles. The molecular weight excluding hydrogens is 341 g/mol. The Balaban J connectivity index is 3.36. The number of carbonyl (C=O) groups excluding carboxylic acids is 1. The largest absolute Gasteiger partial charge is 0.300 e. The molecule has 0 spiro atoms. The minimum atomic E-state index is -2.85. The minimum absolute atomic E-state index is 0.0399. The first-order chi connectivity index (χ1) is 6.54. The van der Waals surface area contributed by atoms with Gasteiger partial charge in [-0.15, -0.1) is 0 Å². The van der Waals surface area contributed by atoms with Crippen LogP contribution < -0.4 is 0 Å². The second kappa shape index (κ2) is 4.65. The Bertz CT molecular complexity index is 452. The van der Waals surface area contributed by atoms with Crippen LogP contribution in [0.3, 0.4) is 0 Å². The standard InChI is InChI=1S/C4H8Cl4N3OP3/c1-4(12)3-13(2)9-14(5,6)11-15(7,8)10-13/h3H2,1-2H3. The monoisotopic (exact) mass is 347 g/mol. The van der Waals surface area contributed by atoms with Gasteiger partial charge in [0.15, 0.2) is 0 Å². The van der Waals surface area contributed by atoms with E-state index in [-0.39, 0.29) is 11.9 Å². The fraction of sp³-hybridized carbons (Fsp3) is 0.750. The van der Waals surface area contributed by atoms with Crippen molar-refractivity contribution in [3.63, 3.8) is 0 Å². The quantitative estimate of drug-likeness (QED) is 0.549. The Morgan fingerprint density at radius 2 is 1.53 bits per heavy atom. The van der Waals surface area contributed by atoms with Crippen LogP contribution in [0.1, 0.15) is 6.92 Å². The minimum Gasteiger partial charge on any atom is -0.300 e. The zero-order valence-corrected chi connectivity index (χ0v) is 13.5. The van der Waals surface area contributed by atoms with E-state index in [4.69, 9.17) is 45.0 Å². The van der Waals surface area contributed by atoms with Gasteiger partial charge in [-0.1, -0.05) is 0 Å². The van der Waals surface area contributed by atoms with Gasteiger partial charge in [0.2, 0.25) is 0 Å². The number of nitrogens with zero attached hydrogens (tertiary/aromatic N) is 3. The third kappa shape index (κ3) is 4.72. The van der Waals surface area contributed by atoms with Crippen molar-refractivity contribution in [1.82, 2.24) is 0 Å². The molecule has 0 saturated heterocycles. The fourth-order valence-corrected chi connectivity index (χ4v) is 18.6. The van der Waals surface area contributed by atoms with Gasteiger partial charge in [0.1, 0.15) is 5.78 Å². The second-order valence-corrected chi connectivity index (χ2v) is 16.3. The Morgan fingerprint density at radius 3 is 1.93 bits per heavy atom. The first-order valence-electron chi connectivity index (χ1n) is 3.70. The van der Waals surface area contributed by atoms with Crippen molar-refractivity contribution in [3.05, 3.63) is 0 Å². The molecule has 0 fully saturated rings. The van der Waals surface area contributed by atoms with Crippen molar-refractivity contribution in [2.45, 2.75) is 6.92 Å². The van der Waals surface area contributed by atoms with Crippen molar-refractivity contribution < 1.29 is 4.79 Å². The summed E-state index contributed by atoms with van der Waals surface area (Å²) in [6.07, 6.45) is 0.185. The van der Waals surface area contributed by atoms with Gasteiger partial charge in [-0.25, -0.2) is 9.03 Å². The average molecular weight is 349 g/mol. The van der Waals surface area contributed by atoms with Crippen LogP contribution in [0.4, 0.5) is 0 Å². The molecule has 0 radical (unpaired) electrons. The highest BCUT2D eigenvalue weighted by atomic mass is 35.9. The van der Waals surface area contributed by atoms with E-state index < -0.39 is 19.0 Å². The van der Waals surface area contributed by atoms with Crippen LogP contribution in [0.25, 0.3) is 0 Å². The van der Waals surface area contributed by atoms with Gasteiger partial charge in [-0.3, -0.25) is 4.79 Å². The Labute approximate surface area is 108 Å². The molecule has 1 unspecified atom stereocenters. The Hall–Kier alpha value is 1.52. The highest BCUT2D eigenvalue weighted by Crippen LogP contribution is 2.84. The van der Waals surface area contributed by atoms with Gasteiger partial charge >= 0.3 is 0 Å². The van der Waals surface area contributed by atoms with Crippen molar-refractivity contribution in [2.75, 3.05) is 12.8 Å². The molecule has 0 N–H and O–H groups in total. The topological polar surface area (TPSA) is 54.1 Å². The highest BCUT2D eigenvalue weighted by Gasteiger charge is 2.30. The lowest BCUT2D eigenvalue weighted by Gasteiger charge is -2.22. The summed E-state index contributed by atoms with van der Waals surface area (Å²) in [6.45, 7) is 3.18. The molecule has 0 aromatic carbocycles. The van der Waals surface area contributed by atoms with Gasteiger partial charge in [-0.2, -0.15) is 4.52 Å². The van der Waals surface area contributed by atoms with Crippen LogP contribution >= 0.6 is 64.0 Å². The number of ketones is 1. The Morgan fingerprint density at radius 1 is 1.07 bits per heavy atom. The molecule has 15 heavy (non-hydrogen) atoms. The van der Waals surface area contributed by atoms with E-state index in [1.165, 1.54) is 6.92 Å². The summed E-state index contributed by atoms with van der Waals surface area (Å²) in [5.74, 6) is -5.74. The molecule has 88 valence electrons. The highest BCUT2D eigenvalue weighted by molar-refractivity contribution is 8.21. The lowest BCUT2D eigenvalue weighted by molar-refractivity contribution is -0.114. The fourth-order valence-electron chi connectivity index (χ4n) is 1.13. The molecular formula is C4H8Cl4N3OP3. The molecule has 1 rings (SSSR count). The van der Waals surface area contributed by atoms with Crippen LogP contribution in [0.5, 0.6) is 0 Å². The average Bonchev–Trinajstić information content (AvgIpc) is 1.70. The van der Waals surface area contributed by atoms with Crippen LogP contribution in [-0.4, -0.2) is 18.6 Å². The molecule has 0 aromatic heterocycles. The Kier molecular flexibility index (Phi) is 4.52. The molecule has 1 heterocycles. The van der Waals surface area contributed by atoms with Gasteiger partial charge in [0.05, 0.1) is 13.4 Å².